The van der Waals surface area contributed by atoms with Gasteiger partial charge in [0.05, 0.1) is 11.3 Å². The van der Waals surface area contributed by atoms with Crippen LogP contribution >= 0.6 is 0 Å². The van der Waals surface area contributed by atoms with Crippen molar-refractivity contribution in [2.75, 3.05) is 12.9 Å². The average Bonchev–Trinajstić information content (AvgIpc) is 2.60. The van der Waals surface area contributed by atoms with Crippen molar-refractivity contribution in [3.05, 3.63) is 35.9 Å². The van der Waals surface area contributed by atoms with Crippen molar-refractivity contribution in [3.63, 3.8) is 0 Å². The Hall–Kier alpha value is -2.33. The van der Waals surface area contributed by atoms with Crippen LogP contribution in [0.15, 0.2) is 30.3 Å². The number of rotatable bonds is 6. The fourth-order valence-corrected chi connectivity index (χ4v) is 4.13. The van der Waals surface area contributed by atoms with Gasteiger partial charge >= 0.3 is 12.2 Å². The zero-order chi connectivity index (χ0) is 20.1. The molecule has 150 valence electrons. The van der Waals surface area contributed by atoms with Crippen LogP contribution < -0.4 is 11.1 Å². The van der Waals surface area contributed by atoms with Gasteiger partial charge in [0.1, 0.15) is 28.7 Å². The van der Waals surface area contributed by atoms with Gasteiger partial charge in [-0.2, -0.15) is 0 Å². The summed E-state index contributed by atoms with van der Waals surface area (Å²) in [6.07, 6.45) is -0.615. The lowest BCUT2D eigenvalue weighted by molar-refractivity contribution is -0.0672. The predicted molar refractivity (Wildman–Crippen MR) is 96.5 cm³/mol. The van der Waals surface area contributed by atoms with Crippen molar-refractivity contribution >= 4 is 22.0 Å². The number of primary amides is 1. The van der Waals surface area contributed by atoms with Gasteiger partial charge in [0.15, 0.2) is 0 Å². The number of hydrogen-bond donors (Lipinski definition) is 3. The normalized spacial score (nSPS) is 25.4. The van der Waals surface area contributed by atoms with Gasteiger partial charge in [0.25, 0.3) is 0 Å². The van der Waals surface area contributed by atoms with Crippen molar-refractivity contribution in [2.45, 2.75) is 42.8 Å². The van der Waals surface area contributed by atoms with Gasteiger partial charge in [0.2, 0.25) is 0 Å². The summed E-state index contributed by atoms with van der Waals surface area (Å²) in [7, 11) is -3.37. The quantitative estimate of drug-likeness (QED) is 0.637. The molecule has 0 radical (unpaired) electrons. The highest BCUT2D eigenvalue weighted by molar-refractivity contribution is 7.91. The van der Waals surface area contributed by atoms with E-state index in [1.54, 1.807) is 24.3 Å². The first-order valence-corrected chi connectivity index (χ1v) is 10.4. The Morgan fingerprint density at radius 1 is 1.30 bits per heavy atom. The lowest BCUT2D eigenvalue weighted by atomic mass is 9.80. The van der Waals surface area contributed by atoms with E-state index < -0.39 is 45.5 Å². The maximum absolute atomic E-state index is 12.1. The van der Waals surface area contributed by atoms with E-state index >= 15 is 0 Å². The highest BCUT2D eigenvalue weighted by Crippen LogP contribution is 2.32. The first-order valence-electron chi connectivity index (χ1n) is 8.41. The molecule has 0 spiro atoms. The number of nitrogens with one attached hydrogen (secondary N) is 1. The maximum atomic E-state index is 12.1. The van der Waals surface area contributed by atoms with Crippen molar-refractivity contribution < 1.29 is 32.6 Å². The Morgan fingerprint density at radius 2 is 1.96 bits per heavy atom. The highest BCUT2D eigenvalue weighted by atomic mass is 32.2. The summed E-state index contributed by atoms with van der Waals surface area (Å²) in [6, 6.07) is 8.02. The molecule has 0 heterocycles. The molecule has 1 aromatic rings. The molecule has 0 saturated heterocycles. The molecule has 10 heteroatoms. The lowest BCUT2D eigenvalue weighted by Gasteiger charge is -2.41. The number of amides is 2. The standard InChI is InChI=1S/C17H24N2O7S/c1-27(23,24)13-7-8-17(22,11-26-15(18)20)14(9-13)19-16(21)25-10-12-5-3-2-4-6-12/h2-6,13-14,22H,7-11H2,1H3,(H2,18,20)(H,19,21). The van der Waals surface area contributed by atoms with E-state index in [1.807, 2.05) is 6.07 Å². The molecule has 1 aliphatic rings. The second kappa shape index (κ2) is 8.57. The van der Waals surface area contributed by atoms with Crippen molar-refractivity contribution in [1.29, 1.82) is 0 Å². The molecule has 2 amide bonds. The lowest BCUT2D eigenvalue weighted by Crippen LogP contribution is -2.60. The van der Waals surface area contributed by atoms with Crippen molar-refractivity contribution in [1.82, 2.24) is 5.32 Å². The molecule has 2 rings (SSSR count). The minimum absolute atomic E-state index is 0.0155. The third-order valence-corrected chi connectivity index (χ3v) is 6.26. The Bertz CT molecular complexity index is 769. The summed E-state index contributed by atoms with van der Waals surface area (Å²) < 4.78 is 33.6. The van der Waals surface area contributed by atoms with Crippen LogP contribution in [-0.2, 0) is 25.9 Å². The van der Waals surface area contributed by atoms with E-state index in [1.165, 1.54) is 0 Å². The molecule has 4 N–H and O–H groups in total. The summed E-state index contributed by atoms with van der Waals surface area (Å²) in [5.41, 5.74) is 4.08. The van der Waals surface area contributed by atoms with Gasteiger partial charge in [0, 0.05) is 6.26 Å². The van der Waals surface area contributed by atoms with Crippen LogP contribution in [0.3, 0.4) is 0 Å². The second-order valence-electron chi connectivity index (χ2n) is 6.70. The number of sulfone groups is 1. The van der Waals surface area contributed by atoms with E-state index in [0.29, 0.717) is 0 Å². The fraction of sp³-hybridized carbons (Fsp3) is 0.529. The molecule has 1 saturated carbocycles. The third-order valence-electron chi connectivity index (χ3n) is 4.62. The molecule has 9 nitrogen and oxygen atoms in total. The van der Waals surface area contributed by atoms with Crippen LogP contribution in [0.1, 0.15) is 24.8 Å². The van der Waals surface area contributed by atoms with Crippen LogP contribution in [0.25, 0.3) is 0 Å². The van der Waals surface area contributed by atoms with Crippen LogP contribution in [0.5, 0.6) is 0 Å². The van der Waals surface area contributed by atoms with Gasteiger partial charge < -0.3 is 25.6 Å². The van der Waals surface area contributed by atoms with E-state index in [2.05, 4.69) is 5.32 Å². The smallest absolute Gasteiger partial charge is 0.407 e. The molecule has 0 aliphatic heterocycles. The number of hydrogen-bond acceptors (Lipinski definition) is 7. The van der Waals surface area contributed by atoms with E-state index in [-0.39, 0.29) is 25.9 Å². The van der Waals surface area contributed by atoms with Gasteiger partial charge in [-0.05, 0) is 24.8 Å². The summed E-state index contributed by atoms with van der Waals surface area (Å²) in [5.74, 6) is 0. The van der Waals surface area contributed by atoms with Crippen LogP contribution in [0.4, 0.5) is 9.59 Å². The SMILES string of the molecule is CS(=O)(=O)C1CCC(O)(COC(N)=O)C(NC(=O)OCc2ccccc2)C1. The minimum atomic E-state index is -3.37. The first kappa shape index (κ1) is 21.0. The third kappa shape index (κ3) is 6.10. The minimum Gasteiger partial charge on any atom is -0.447 e. The second-order valence-corrected chi connectivity index (χ2v) is 9.02. The van der Waals surface area contributed by atoms with Gasteiger partial charge in [-0.25, -0.2) is 18.0 Å². The zero-order valence-electron chi connectivity index (χ0n) is 15.0. The summed E-state index contributed by atoms with van der Waals surface area (Å²) in [6.45, 7) is -0.437. The molecular weight excluding hydrogens is 376 g/mol. The van der Waals surface area contributed by atoms with E-state index in [4.69, 9.17) is 15.2 Å². The number of alkyl carbamates (subject to hydrolysis) is 1. The molecule has 27 heavy (non-hydrogen) atoms. The van der Waals surface area contributed by atoms with Crippen LogP contribution in [-0.4, -0.2) is 55.5 Å². The molecule has 3 unspecified atom stereocenters. The molecule has 0 aromatic heterocycles. The summed E-state index contributed by atoms with van der Waals surface area (Å²) >= 11 is 0. The first-order chi connectivity index (χ1) is 12.6. The van der Waals surface area contributed by atoms with Crippen molar-refractivity contribution in [2.24, 2.45) is 5.73 Å². The number of aliphatic hydroxyl groups is 1. The molecular formula is C17H24N2O7S. The van der Waals surface area contributed by atoms with E-state index in [0.717, 1.165) is 11.8 Å². The maximum Gasteiger partial charge on any atom is 0.407 e. The van der Waals surface area contributed by atoms with Crippen LogP contribution in [0, 0.1) is 0 Å². The number of benzene rings is 1. The molecule has 1 fully saturated rings. The van der Waals surface area contributed by atoms with Gasteiger partial charge in [-0.3, -0.25) is 0 Å². The number of nitrogens with two attached hydrogens (primary N) is 1. The largest absolute Gasteiger partial charge is 0.447 e. The predicted octanol–water partition coefficient (Wildman–Crippen LogP) is 0.705. The van der Waals surface area contributed by atoms with E-state index in [9.17, 15) is 23.1 Å². The molecule has 0 bridgehead atoms. The molecule has 1 aromatic carbocycles. The van der Waals surface area contributed by atoms with Crippen LogP contribution in [0.2, 0.25) is 0 Å². The fourth-order valence-electron chi connectivity index (χ4n) is 3.04. The number of ether oxygens (including phenoxy) is 2. The van der Waals surface area contributed by atoms with Crippen molar-refractivity contribution in [3.8, 4) is 0 Å². The molecule has 3 atom stereocenters. The zero-order valence-corrected chi connectivity index (χ0v) is 15.8. The number of carbonyl (C=O) groups excluding carboxylic acids is 2. The molecule has 1 aliphatic carbocycles. The Kier molecular flexibility index (Phi) is 6.66. The topological polar surface area (TPSA) is 145 Å². The Morgan fingerprint density at radius 3 is 2.56 bits per heavy atom. The summed E-state index contributed by atoms with van der Waals surface area (Å²) in [4.78, 5) is 23.0. The summed E-state index contributed by atoms with van der Waals surface area (Å²) in [5, 5.41) is 12.6. The average molecular weight is 400 g/mol. The van der Waals surface area contributed by atoms with Gasteiger partial charge in [-0.1, -0.05) is 30.3 Å². The Balaban J connectivity index is 2.05. The monoisotopic (exact) mass is 400 g/mol. The Labute approximate surface area is 157 Å². The highest BCUT2D eigenvalue weighted by Gasteiger charge is 2.46. The number of carbonyl (C=O) groups is 2. The van der Waals surface area contributed by atoms with Gasteiger partial charge in [-0.15, -0.1) is 0 Å².